The van der Waals surface area contributed by atoms with Crippen LogP contribution in [0.5, 0.6) is 0 Å². The minimum absolute atomic E-state index is 0.183. The van der Waals surface area contributed by atoms with Gasteiger partial charge >= 0.3 is 0 Å². The normalized spacial score (nSPS) is 19.0. The van der Waals surface area contributed by atoms with Gasteiger partial charge in [0, 0.05) is 12.4 Å². The Labute approximate surface area is 60.5 Å². The molecule has 3 nitrogen and oxygen atoms in total. The second-order valence-electron chi connectivity index (χ2n) is 2.60. The van der Waals surface area contributed by atoms with Crippen molar-refractivity contribution in [2.75, 3.05) is 0 Å². The standard InChI is InChI=1S/C7H11N2O/c1-5(2)6(10)7-8-3-4-9-7/h3-6,10H,1-2H3. The van der Waals surface area contributed by atoms with E-state index in [0.717, 1.165) is 0 Å². The minimum Gasteiger partial charge on any atom is -0.385 e. The molecule has 1 aliphatic rings. The number of aliphatic hydroxyl groups excluding tert-OH is 1. The molecule has 0 aromatic rings. The van der Waals surface area contributed by atoms with E-state index in [2.05, 4.69) is 10.3 Å². The van der Waals surface area contributed by atoms with E-state index in [4.69, 9.17) is 0 Å². The fraction of sp³-hybridized carbons (Fsp3) is 0.571. The molecule has 1 unspecified atom stereocenters. The van der Waals surface area contributed by atoms with Crippen molar-refractivity contribution in [2.24, 2.45) is 10.9 Å². The first-order chi connectivity index (χ1) is 4.72. The molecular formula is C7H11N2O. The largest absolute Gasteiger partial charge is 0.385 e. The second-order valence-corrected chi connectivity index (χ2v) is 2.60. The van der Waals surface area contributed by atoms with Crippen molar-refractivity contribution in [1.29, 1.82) is 0 Å². The molecule has 3 heteroatoms. The molecule has 0 spiro atoms. The molecule has 10 heavy (non-hydrogen) atoms. The van der Waals surface area contributed by atoms with Gasteiger partial charge in [0.1, 0.15) is 6.10 Å². The molecular weight excluding hydrogens is 128 g/mol. The summed E-state index contributed by atoms with van der Waals surface area (Å²) in [6, 6.07) is 0. The topological polar surface area (TPSA) is 46.7 Å². The van der Waals surface area contributed by atoms with E-state index < -0.39 is 6.10 Å². The van der Waals surface area contributed by atoms with Crippen LogP contribution < -0.4 is 5.32 Å². The number of hydrogen-bond acceptors (Lipinski definition) is 2. The molecule has 0 amide bonds. The fourth-order valence-electron chi connectivity index (χ4n) is 0.704. The van der Waals surface area contributed by atoms with Crippen molar-refractivity contribution in [3.8, 4) is 0 Å². The molecule has 1 radical (unpaired) electrons. The van der Waals surface area contributed by atoms with Crippen LogP contribution in [0.25, 0.3) is 0 Å². The molecule has 1 N–H and O–H groups in total. The predicted octanol–water partition coefficient (Wildman–Crippen LogP) is 0.491. The second kappa shape index (κ2) is 2.84. The maximum Gasteiger partial charge on any atom is 0.157 e. The Hall–Kier alpha value is -0.830. The smallest absolute Gasteiger partial charge is 0.157 e. The molecule has 0 saturated heterocycles. The monoisotopic (exact) mass is 139 g/mol. The molecule has 1 aliphatic heterocycles. The lowest BCUT2D eigenvalue weighted by atomic mass is 10.1. The quantitative estimate of drug-likeness (QED) is 0.594. The lowest BCUT2D eigenvalue weighted by molar-refractivity contribution is 0.187. The van der Waals surface area contributed by atoms with Gasteiger partial charge in [0.25, 0.3) is 0 Å². The van der Waals surface area contributed by atoms with Gasteiger partial charge in [-0.15, -0.1) is 0 Å². The number of rotatable bonds is 2. The first kappa shape index (κ1) is 7.28. The van der Waals surface area contributed by atoms with Crippen molar-refractivity contribution in [3.63, 3.8) is 0 Å². The number of aliphatic hydroxyl groups is 1. The summed E-state index contributed by atoms with van der Waals surface area (Å²) in [5, 5.41) is 13.2. The minimum atomic E-state index is -0.519. The summed E-state index contributed by atoms with van der Waals surface area (Å²) in [5.74, 6) is 0.706. The summed E-state index contributed by atoms with van der Waals surface area (Å²) in [7, 11) is 0. The molecule has 1 heterocycles. The van der Waals surface area contributed by atoms with Gasteiger partial charge in [-0.2, -0.15) is 0 Å². The van der Waals surface area contributed by atoms with Crippen molar-refractivity contribution >= 4 is 5.84 Å². The van der Waals surface area contributed by atoms with Gasteiger partial charge in [0.2, 0.25) is 0 Å². The van der Waals surface area contributed by atoms with Crippen molar-refractivity contribution in [2.45, 2.75) is 20.0 Å². The molecule has 0 aliphatic carbocycles. The van der Waals surface area contributed by atoms with Gasteiger partial charge in [-0.1, -0.05) is 13.8 Å². The Morgan fingerprint density at radius 1 is 1.40 bits per heavy atom. The van der Waals surface area contributed by atoms with Gasteiger partial charge in [-0.05, 0) is 5.92 Å². The van der Waals surface area contributed by atoms with E-state index in [1.165, 1.54) is 0 Å². The molecule has 0 aromatic carbocycles. The summed E-state index contributed by atoms with van der Waals surface area (Å²) < 4.78 is 0. The molecule has 1 atom stereocenters. The number of amidine groups is 1. The Balaban J connectivity index is 2.50. The first-order valence-corrected chi connectivity index (χ1v) is 3.33. The Morgan fingerprint density at radius 2 is 2.10 bits per heavy atom. The van der Waals surface area contributed by atoms with Crippen LogP contribution in [0.2, 0.25) is 0 Å². The average molecular weight is 139 g/mol. The van der Waals surface area contributed by atoms with Crippen LogP contribution in [0.3, 0.4) is 0 Å². The summed E-state index contributed by atoms with van der Waals surface area (Å²) in [5.41, 5.74) is 0. The number of nitrogens with zero attached hydrogens (tertiary/aromatic N) is 2. The molecule has 0 saturated carbocycles. The zero-order valence-electron chi connectivity index (χ0n) is 6.15. The lowest BCUT2D eigenvalue weighted by Gasteiger charge is -2.12. The molecule has 0 bridgehead atoms. The first-order valence-electron chi connectivity index (χ1n) is 3.33. The van der Waals surface area contributed by atoms with Crippen molar-refractivity contribution in [3.05, 3.63) is 12.4 Å². The van der Waals surface area contributed by atoms with E-state index in [0.29, 0.717) is 5.84 Å². The fourth-order valence-corrected chi connectivity index (χ4v) is 0.704. The third kappa shape index (κ3) is 1.36. The van der Waals surface area contributed by atoms with Crippen molar-refractivity contribution in [1.82, 2.24) is 5.32 Å². The van der Waals surface area contributed by atoms with E-state index >= 15 is 0 Å². The highest BCUT2D eigenvalue weighted by Gasteiger charge is 2.17. The van der Waals surface area contributed by atoms with Crippen molar-refractivity contribution < 1.29 is 5.11 Å². The molecule has 0 fully saturated rings. The molecule has 55 valence electrons. The highest BCUT2D eigenvalue weighted by atomic mass is 16.3. The van der Waals surface area contributed by atoms with Crippen LogP contribution in [0.4, 0.5) is 0 Å². The zero-order valence-corrected chi connectivity index (χ0v) is 6.15. The van der Waals surface area contributed by atoms with Crippen LogP contribution in [0.15, 0.2) is 17.4 Å². The SMILES string of the molecule is CC(C)C(O)C1=NC=C[N]1. The zero-order chi connectivity index (χ0) is 7.56. The Bertz CT molecular complexity index is 172. The maximum absolute atomic E-state index is 9.36. The Kier molecular flexibility index (Phi) is 2.06. The maximum atomic E-state index is 9.36. The van der Waals surface area contributed by atoms with Gasteiger partial charge in [0.15, 0.2) is 5.84 Å². The third-order valence-corrected chi connectivity index (χ3v) is 1.38. The van der Waals surface area contributed by atoms with Gasteiger partial charge in [-0.3, -0.25) is 0 Å². The molecule has 1 rings (SSSR count). The third-order valence-electron chi connectivity index (χ3n) is 1.38. The summed E-state index contributed by atoms with van der Waals surface area (Å²) in [4.78, 5) is 3.88. The average Bonchev–Trinajstić information content (AvgIpc) is 2.36. The summed E-state index contributed by atoms with van der Waals surface area (Å²) in [6.07, 6.45) is 2.65. The van der Waals surface area contributed by atoms with Crippen LogP contribution >= 0.6 is 0 Å². The van der Waals surface area contributed by atoms with Gasteiger partial charge < -0.3 is 5.11 Å². The number of aliphatic imine (C=N–C) groups is 1. The van der Waals surface area contributed by atoms with E-state index in [-0.39, 0.29) is 5.92 Å². The highest BCUT2D eigenvalue weighted by molar-refractivity contribution is 5.89. The van der Waals surface area contributed by atoms with E-state index in [1.54, 1.807) is 12.4 Å². The Morgan fingerprint density at radius 3 is 2.50 bits per heavy atom. The summed E-state index contributed by atoms with van der Waals surface area (Å²) >= 11 is 0. The summed E-state index contributed by atoms with van der Waals surface area (Å²) in [6.45, 7) is 3.86. The molecule has 0 aromatic heterocycles. The van der Waals surface area contributed by atoms with Crippen LogP contribution in [0.1, 0.15) is 13.8 Å². The van der Waals surface area contributed by atoms with E-state index in [1.807, 2.05) is 13.8 Å². The highest BCUT2D eigenvalue weighted by Crippen LogP contribution is 2.05. The van der Waals surface area contributed by atoms with E-state index in [9.17, 15) is 5.11 Å². The van der Waals surface area contributed by atoms with Gasteiger partial charge in [-0.25, -0.2) is 10.3 Å². The van der Waals surface area contributed by atoms with Crippen LogP contribution in [-0.4, -0.2) is 17.0 Å². The number of hydrogen-bond donors (Lipinski definition) is 1. The van der Waals surface area contributed by atoms with Gasteiger partial charge in [0.05, 0.1) is 0 Å². The lowest BCUT2D eigenvalue weighted by Crippen LogP contribution is -2.29. The van der Waals surface area contributed by atoms with Crippen LogP contribution in [0, 0.1) is 5.92 Å². The van der Waals surface area contributed by atoms with Crippen LogP contribution in [-0.2, 0) is 0 Å². The predicted molar refractivity (Wildman–Crippen MR) is 39.6 cm³/mol.